The van der Waals surface area contributed by atoms with Crippen LogP contribution >= 0.6 is 0 Å². The van der Waals surface area contributed by atoms with Crippen LogP contribution in [0.25, 0.3) is 0 Å². The summed E-state index contributed by atoms with van der Waals surface area (Å²) in [5.74, 6) is 0.931. The molecule has 2 unspecified atom stereocenters. The molecule has 3 heteroatoms. The van der Waals surface area contributed by atoms with Gasteiger partial charge in [0.05, 0.1) is 6.61 Å². The van der Waals surface area contributed by atoms with Gasteiger partial charge in [0.1, 0.15) is 5.75 Å². The SMILES string of the molecule is CC1CCCC(CNc2ccc(OCCc3ccccc3)cc2)N1. The van der Waals surface area contributed by atoms with Gasteiger partial charge in [0.15, 0.2) is 0 Å². The molecule has 1 saturated heterocycles. The van der Waals surface area contributed by atoms with Crippen molar-refractivity contribution in [2.45, 2.75) is 44.7 Å². The van der Waals surface area contributed by atoms with Crippen molar-refractivity contribution < 1.29 is 4.74 Å². The first-order chi connectivity index (χ1) is 11.8. The average Bonchev–Trinajstić information content (AvgIpc) is 2.62. The van der Waals surface area contributed by atoms with Crippen LogP contribution in [0.4, 0.5) is 5.69 Å². The highest BCUT2D eigenvalue weighted by Crippen LogP contribution is 2.17. The Kier molecular flexibility index (Phi) is 6.13. The number of nitrogens with one attached hydrogen (secondary N) is 2. The van der Waals surface area contributed by atoms with Gasteiger partial charge in [-0.1, -0.05) is 36.8 Å². The third kappa shape index (κ3) is 5.27. The van der Waals surface area contributed by atoms with Gasteiger partial charge in [-0.05, 0) is 49.6 Å². The van der Waals surface area contributed by atoms with Crippen LogP contribution in [0.2, 0.25) is 0 Å². The summed E-state index contributed by atoms with van der Waals surface area (Å²) >= 11 is 0. The van der Waals surface area contributed by atoms with Crippen LogP contribution in [-0.4, -0.2) is 25.2 Å². The quantitative estimate of drug-likeness (QED) is 0.799. The van der Waals surface area contributed by atoms with Crippen LogP contribution in [0.1, 0.15) is 31.7 Å². The van der Waals surface area contributed by atoms with E-state index in [4.69, 9.17) is 4.74 Å². The predicted molar refractivity (Wildman–Crippen MR) is 101 cm³/mol. The number of piperidine rings is 1. The van der Waals surface area contributed by atoms with Gasteiger partial charge >= 0.3 is 0 Å². The molecule has 0 amide bonds. The van der Waals surface area contributed by atoms with E-state index in [-0.39, 0.29) is 0 Å². The first-order valence-electron chi connectivity index (χ1n) is 9.06. The molecule has 24 heavy (non-hydrogen) atoms. The predicted octanol–water partition coefficient (Wildman–Crippen LogP) is 4.25. The highest BCUT2D eigenvalue weighted by atomic mass is 16.5. The lowest BCUT2D eigenvalue weighted by molar-refractivity contribution is 0.322. The molecule has 0 spiro atoms. The standard InChI is InChI=1S/C21H28N2O/c1-17-6-5-9-20(23-17)16-22-19-10-12-21(13-11-19)24-15-14-18-7-3-2-4-8-18/h2-4,7-8,10-13,17,20,22-23H,5-6,9,14-16H2,1H3. The van der Waals surface area contributed by atoms with Gasteiger partial charge in [-0.3, -0.25) is 0 Å². The molecular formula is C21H28N2O. The molecule has 0 aliphatic carbocycles. The van der Waals surface area contributed by atoms with Gasteiger partial charge in [-0.25, -0.2) is 0 Å². The van der Waals surface area contributed by atoms with Crippen LogP contribution in [0.15, 0.2) is 54.6 Å². The van der Waals surface area contributed by atoms with Crippen molar-refractivity contribution >= 4 is 5.69 Å². The van der Waals surface area contributed by atoms with E-state index >= 15 is 0 Å². The molecule has 128 valence electrons. The maximum Gasteiger partial charge on any atom is 0.119 e. The monoisotopic (exact) mass is 324 g/mol. The topological polar surface area (TPSA) is 33.3 Å². The van der Waals surface area contributed by atoms with E-state index < -0.39 is 0 Å². The van der Waals surface area contributed by atoms with Gasteiger partial charge < -0.3 is 15.4 Å². The fraction of sp³-hybridized carbons (Fsp3) is 0.429. The fourth-order valence-corrected chi connectivity index (χ4v) is 3.24. The lowest BCUT2D eigenvalue weighted by atomic mass is 9.99. The van der Waals surface area contributed by atoms with E-state index in [0.717, 1.165) is 24.4 Å². The van der Waals surface area contributed by atoms with Gasteiger partial charge in [0.25, 0.3) is 0 Å². The van der Waals surface area contributed by atoms with Crippen LogP contribution in [0, 0.1) is 0 Å². The van der Waals surface area contributed by atoms with Crippen molar-refractivity contribution in [1.82, 2.24) is 5.32 Å². The minimum absolute atomic E-state index is 0.579. The zero-order valence-corrected chi connectivity index (χ0v) is 14.5. The molecule has 0 bridgehead atoms. The minimum atomic E-state index is 0.579. The van der Waals surface area contributed by atoms with E-state index in [0.29, 0.717) is 18.7 Å². The molecule has 1 fully saturated rings. The molecule has 0 radical (unpaired) electrons. The molecular weight excluding hydrogens is 296 g/mol. The van der Waals surface area contributed by atoms with Crippen LogP contribution < -0.4 is 15.4 Å². The van der Waals surface area contributed by atoms with Crippen molar-refractivity contribution in [2.75, 3.05) is 18.5 Å². The Balaban J connectivity index is 1.40. The van der Waals surface area contributed by atoms with E-state index in [1.165, 1.54) is 24.8 Å². The molecule has 3 rings (SSSR count). The molecule has 1 heterocycles. The maximum absolute atomic E-state index is 5.83. The third-order valence-corrected chi connectivity index (χ3v) is 4.62. The fourth-order valence-electron chi connectivity index (χ4n) is 3.24. The summed E-state index contributed by atoms with van der Waals surface area (Å²) in [6, 6.07) is 20.0. The summed E-state index contributed by atoms with van der Waals surface area (Å²) in [6.07, 6.45) is 4.82. The van der Waals surface area contributed by atoms with Gasteiger partial charge in [-0.15, -0.1) is 0 Å². The van der Waals surface area contributed by atoms with E-state index in [1.54, 1.807) is 0 Å². The first kappa shape index (κ1) is 16.8. The highest BCUT2D eigenvalue weighted by molar-refractivity contribution is 5.46. The molecule has 2 N–H and O–H groups in total. The van der Waals surface area contributed by atoms with Crippen molar-refractivity contribution in [1.29, 1.82) is 0 Å². The summed E-state index contributed by atoms with van der Waals surface area (Å²) in [5.41, 5.74) is 2.47. The van der Waals surface area contributed by atoms with Crippen molar-refractivity contribution in [2.24, 2.45) is 0 Å². The highest BCUT2D eigenvalue weighted by Gasteiger charge is 2.16. The summed E-state index contributed by atoms with van der Waals surface area (Å²) < 4.78 is 5.83. The lowest BCUT2D eigenvalue weighted by Gasteiger charge is -2.29. The Hall–Kier alpha value is -2.00. The van der Waals surface area contributed by atoms with Gasteiger partial charge in [-0.2, -0.15) is 0 Å². The number of rotatable bonds is 7. The number of hydrogen-bond acceptors (Lipinski definition) is 3. The summed E-state index contributed by atoms with van der Waals surface area (Å²) in [6.45, 7) is 3.97. The zero-order valence-electron chi connectivity index (χ0n) is 14.5. The Morgan fingerprint density at radius 2 is 1.83 bits per heavy atom. The molecule has 2 atom stereocenters. The molecule has 2 aromatic carbocycles. The van der Waals surface area contributed by atoms with Crippen molar-refractivity contribution in [3.05, 3.63) is 60.2 Å². The first-order valence-corrected chi connectivity index (χ1v) is 9.06. The number of anilines is 1. The maximum atomic E-state index is 5.83. The average molecular weight is 324 g/mol. The Morgan fingerprint density at radius 3 is 2.58 bits per heavy atom. The van der Waals surface area contributed by atoms with Crippen molar-refractivity contribution in [3.63, 3.8) is 0 Å². The van der Waals surface area contributed by atoms with Gasteiger partial charge in [0.2, 0.25) is 0 Å². The second kappa shape index (κ2) is 8.74. The second-order valence-corrected chi connectivity index (χ2v) is 6.68. The summed E-state index contributed by atoms with van der Waals surface area (Å²) in [5, 5.41) is 7.18. The van der Waals surface area contributed by atoms with Crippen LogP contribution in [0.5, 0.6) is 5.75 Å². The minimum Gasteiger partial charge on any atom is -0.493 e. The molecule has 3 nitrogen and oxygen atoms in total. The third-order valence-electron chi connectivity index (χ3n) is 4.62. The largest absolute Gasteiger partial charge is 0.493 e. The smallest absolute Gasteiger partial charge is 0.119 e. The van der Waals surface area contributed by atoms with Crippen LogP contribution in [-0.2, 0) is 6.42 Å². The Labute approximate surface area is 145 Å². The molecule has 0 saturated carbocycles. The number of benzene rings is 2. The Morgan fingerprint density at radius 1 is 1.04 bits per heavy atom. The zero-order chi connectivity index (χ0) is 16.6. The Bertz CT molecular complexity index is 597. The molecule has 0 aromatic heterocycles. The molecule has 2 aromatic rings. The van der Waals surface area contributed by atoms with E-state index in [1.807, 2.05) is 18.2 Å². The van der Waals surface area contributed by atoms with E-state index in [9.17, 15) is 0 Å². The number of ether oxygens (including phenoxy) is 1. The van der Waals surface area contributed by atoms with Gasteiger partial charge in [0, 0.05) is 30.7 Å². The normalized spacial score (nSPS) is 20.5. The number of hydrogen-bond donors (Lipinski definition) is 2. The van der Waals surface area contributed by atoms with Crippen molar-refractivity contribution in [3.8, 4) is 5.75 Å². The van der Waals surface area contributed by atoms with E-state index in [2.05, 4.69) is 54.0 Å². The summed E-state index contributed by atoms with van der Waals surface area (Å²) in [4.78, 5) is 0. The summed E-state index contributed by atoms with van der Waals surface area (Å²) in [7, 11) is 0. The van der Waals surface area contributed by atoms with Crippen LogP contribution in [0.3, 0.4) is 0 Å². The molecule has 1 aliphatic rings. The second-order valence-electron chi connectivity index (χ2n) is 6.68. The molecule has 1 aliphatic heterocycles. The lowest BCUT2D eigenvalue weighted by Crippen LogP contribution is -2.44.